The summed E-state index contributed by atoms with van der Waals surface area (Å²) in [6.45, 7) is 2.23. The highest BCUT2D eigenvalue weighted by Gasteiger charge is 2.22. The van der Waals surface area contributed by atoms with Gasteiger partial charge in [0, 0.05) is 26.1 Å². The lowest BCUT2D eigenvalue weighted by Crippen LogP contribution is -2.41. The van der Waals surface area contributed by atoms with Gasteiger partial charge in [-0.15, -0.1) is 0 Å². The smallest absolute Gasteiger partial charge is 0.232 e. The molecule has 0 bridgehead atoms. The van der Waals surface area contributed by atoms with Gasteiger partial charge in [0.2, 0.25) is 15.9 Å². The van der Waals surface area contributed by atoms with Crippen molar-refractivity contribution in [3.05, 3.63) is 30.1 Å². The predicted molar refractivity (Wildman–Crippen MR) is 85.2 cm³/mol. The molecule has 0 aromatic heterocycles. The average molecular weight is 344 g/mol. The third kappa shape index (κ3) is 4.90. The second-order valence-electron chi connectivity index (χ2n) is 5.38. The van der Waals surface area contributed by atoms with Crippen LogP contribution in [0, 0.1) is 5.82 Å². The average Bonchev–Trinajstić information content (AvgIpc) is 2.52. The van der Waals surface area contributed by atoms with Crippen molar-refractivity contribution in [1.82, 2.24) is 4.90 Å². The van der Waals surface area contributed by atoms with Crippen LogP contribution in [-0.2, 0) is 19.6 Å². The van der Waals surface area contributed by atoms with Gasteiger partial charge in [-0.2, -0.15) is 0 Å². The molecule has 0 radical (unpaired) electrons. The normalized spacial score (nSPS) is 15.5. The van der Waals surface area contributed by atoms with Gasteiger partial charge in [-0.05, 0) is 18.6 Å². The molecular weight excluding hydrogens is 323 g/mol. The maximum absolute atomic E-state index is 13.9. The van der Waals surface area contributed by atoms with Crippen LogP contribution in [0.25, 0.3) is 0 Å². The van der Waals surface area contributed by atoms with Crippen molar-refractivity contribution in [2.45, 2.75) is 12.8 Å². The molecule has 6 nitrogen and oxygen atoms in total. The molecular formula is C15H21FN2O4S. The van der Waals surface area contributed by atoms with E-state index in [1.165, 1.54) is 18.2 Å². The van der Waals surface area contributed by atoms with Gasteiger partial charge in [-0.1, -0.05) is 12.1 Å². The van der Waals surface area contributed by atoms with E-state index >= 15 is 0 Å². The van der Waals surface area contributed by atoms with Gasteiger partial charge in [0.15, 0.2) is 0 Å². The molecule has 1 aliphatic heterocycles. The number of carbonyl (C=O) groups excluding carboxylic acids is 1. The number of hydrogen-bond acceptors (Lipinski definition) is 4. The highest BCUT2D eigenvalue weighted by molar-refractivity contribution is 7.92. The van der Waals surface area contributed by atoms with Gasteiger partial charge in [-0.25, -0.2) is 12.8 Å². The fourth-order valence-electron chi connectivity index (χ4n) is 2.46. The number of anilines is 1. The summed E-state index contributed by atoms with van der Waals surface area (Å²) in [4.78, 5) is 13.8. The van der Waals surface area contributed by atoms with Crippen molar-refractivity contribution in [3.63, 3.8) is 0 Å². The Labute approximate surface area is 135 Å². The summed E-state index contributed by atoms with van der Waals surface area (Å²) in [5, 5.41) is 0. The molecule has 0 aliphatic carbocycles. The summed E-state index contributed by atoms with van der Waals surface area (Å²) in [5.41, 5.74) is 0.00817. The maximum atomic E-state index is 13.9. The summed E-state index contributed by atoms with van der Waals surface area (Å²) in [5.74, 6) is -0.632. The van der Waals surface area contributed by atoms with Crippen molar-refractivity contribution >= 4 is 21.6 Å². The molecule has 0 spiro atoms. The number of rotatable bonds is 6. The number of halogens is 1. The van der Waals surface area contributed by atoms with E-state index < -0.39 is 15.8 Å². The lowest BCUT2D eigenvalue weighted by Gasteiger charge is -2.27. The Balaban J connectivity index is 1.97. The standard InChI is InChI=1S/C15H21FN2O4S/c1-23(20,21)18(14-6-3-2-5-13(14)16)8-4-7-15(19)17-9-11-22-12-10-17/h2-3,5-6H,4,7-12H2,1H3. The largest absolute Gasteiger partial charge is 0.378 e. The van der Waals surface area contributed by atoms with Crippen LogP contribution in [0.3, 0.4) is 0 Å². The summed E-state index contributed by atoms with van der Waals surface area (Å²) < 4.78 is 43.9. The minimum Gasteiger partial charge on any atom is -0.378 e. The zero-order valence-electron chi connectivity index (χ0n) is 13.1. The lowest BCUT2D eigenvalue weighted by atomic mass is 10.2. The summed E-state index contributed by atoms with van der Waals surface area (Å²) in [7, 11) is -3.61. The molecule has 8 heteroatoms. The van der Waals surface area contributed by atoms with E-state index in [0.717, 1.165) is 10.6 Å². The highest BCUT2D eigenvalue weighted by atomic mass is 32.2. The monoisotopic (exact) mass is 344 g/mol. The summed E-state index contributed by atoms with van der Waals surface area (Å²) in [6.07, 6.45) is 1.58. The fraction of sp³-hybridized carbons (Fsp3) is 0.533. The van der Waals surface area contributed by atoms with E-state index in [1.54, 1.807) is 11.0 Å². The molecule has 1 aliphatic rings. The number of nitrogens with zero attached hydrogens (tertiary/aromatic N) is 2. The first-order valence-electron chi connectivity index (χ1n) is 7.47. The van der Waals surface area contributed by atoms with Crippen LogP contribution in [0.5, 0.6) is 0 Å². The molecule has 1 saturated heterocycles. The van der Waals surface area contributed by atoms with Crippen LogP contribution in [0.15, 0.2) is 24.3 Å². The third-order valence-corrected chi connectivity index (χ3v) is 4.82. The Morgan fingerprint density at radius 1 is 1.30 bits per heavy atom. The Morgan fingerprint density at radius 3 is 2.57 bits per heavy atom. The van der Waals surface area contributed by atoms with E-state index in [0.29, 0.717) is 32.7 Å². The Hall–Kier alpha value is -1.67. The van der Waals surface area contributed by atoms with Crippen LogP contribution in [0.1, 0.15) is 12.8 Å². The minimum absolute atomic E-state index is 0.00817. The Kier molecular flexibility index (Phi) is 5.95. The van der Waals surface area contributed by atoms with E-state index in [4.69, 9.17) is 4.74 Å². The minimum atomic E-state index is -3.61. The molecule has 1 fully saturated rings. The van der Waals surface area contributed by atoms with Crippen LogP contribution in [0.2, 0.25) is 0 Å². The van der Waals surface area contributed by atoms with Crippen molar-refractivity contribution in [2.24, 2.45) is 0 Å². The van der Waals surface area contributed by atoms with Gasteiger partial charge in [-0.3, -0.25) is 9.10 Å². The number of ether oxygens (including phenoxy) is 1. The van der Waals surface area contributed by atoms with E-state index in [9.17, 15) is 17.6 Å². The lowest BCUT2D eigenvalue weighted by molar-refractivity contribution is -0.135. The zero-order valence-corrected chi connectivity index (χ0v) is 13.9. The number of hydrogen-bond donors (Lipinski definition) is 0. The number of benzene rings is 1. The maximum Gasteiger partial charge on any atom is 0.232 e. The molecule has 23 heavy (non-hydrogen) atoms. The molecule has 0 atom stereocenters. The molecule has 128 valence electrons. The molecule has 1 amide bonds. The van der Waals surface area contributed by atoms with Crippen molar-refractivity contribution < 1.29 is 22.3 Å². The van der Waals surface area contributed by atoms with Crippen LogP contribution in [-0.4, -0.2) is 58.3 Å². The first kappa shape index (κ1) is 17.7. The molecule has 2 rings (SSSR count). The van der Waals surface area contributed by atoms with Gasteiger partial charge in [0.05, 0.1) is 25.2 Å². The second-order valence-corrected chi connectivity index (χ2v) is 7.29. The van der Waals surface area contributed by atoms with Crippen molar-refractivity contribution in [1.29, 1.82) is 0 Å². The predicted octanol–water partition coefficient (Wildman–Crippen LogP) is 1.23. The molecule has 0 saturated carbocycles. The SMILES string of the molecule is CS(=O)(=O)N(CCCC(=O)N1CCOCC1)c1ccccc1F. The topological polar surface area (TPSA) is 66.9 Å². The Bertz CT molecular complexity index is 645. The molecule has 1 aromatic rings. The third-order valence-electron chi connectivity index (χ3n) is 3.64. The van der Waals surface area contributed by atoms with E-state index in [1.807, 2.05) is 0 Å². The molecule has 0 unspecified atom stereocenters. The van der Waals surface area contributed by atoms with Crippen molar-refractivity contribution in [3.8, 4) is 0 Å². The number of sulfonamides is 1. The van der Waals surface area contributed by atoms with Crippen LogP contribution >= 0.6 is 0 Å². The van der Waals surface area contributed by atoms with Crippen LogP contribution in [0.4, 0.5) is 10.1 Å². The first-order chi connectivity index (χ1) is 10.9. The van der Waals surface area contributed by atoms with Crippen LogP contribution < -0.4 is 4.31 Å². The molecule has 0 N–H and O–H groups in total. The van der Waals surface area contributed by atoms with E-state index in [2.05, 4.69) is 0 Å². The van der Waals surface area contributed by atoms with Gasteiger partial charge < -0.3 is 9.64 Å². The molecule has 1 aromatic carbocycles. The summed E-state index contributed by atoms with van der Waals surface area (Å²) in [6, 6.07) is 5.71. The molecule has 1 heterocycles. The second kappa shape index (κ2) is 7.74. The Morgan fingerprint density at radius 2 is 1.96 bits per heavy atom. The first-order valence-corrected chi connectivity index (χ1v) is 9.32. The quantitative estimate of drug-likeness (QED) is 0.778. The fourth-order valence-corrected chi connectivity index (χ4v) is 3.43. The number of para-hydroxylation sites is 1. The highest BCUT2D eigenvalue weighted by Crippen LogP contribution is 2.22. The van der Waals surface area contributed by atoms with Crippen molar-refractivity contribution in [2.75, 3.05) is 43.4 Å². The summed E-state index contributed by atoms with van der Waals surface area (Å²) >= 11 is 0. The number of carbonyl (C=O) groups is 1. The number of amides is 1. The van der Waals surface area contributed by atoms with Gasteiger partial charge in [0.1, 0.15) is 5.82 Å². The van der Waals surface area contributed by atoms with Gasteiger partial charge in [0.25, 0.3) is 0 Å². The van der Waals surface area contributed by atoms with E-state index in [-0.39, 0.29) is 24.6 Å². The number of morpholine rings is 1. The van der Waals surface area contributed by atoms with Gasteiger partial charge >= 0.3 is 0 Å². The zero-order chi connectivity index (χ0) is 16.9.